The number of benzene rings is 1. The van der Waals surface area contributed by atoms with Crippen LogP contribution >= 0.6 is 11.3 Å². The van der Waals surface area contributed by atoms with Gasteiger partial charge in [0.2, 0.25) is 0 Å². The van der Waals surface area contributed by atoms with Gasteiger partial charge in [-0.25, -0.2) is 0 Å². The molecule has 1 amide bonds. The molecule has 2 aliphatic rings. The van der Waals surface area contributed by atoms with Crippen molar-refractivity contribution in [3.8, 4) is 5.75 Å². The third-order valence-electron chi connectivity index (χ3n) is 5.41. The van der Waals surface area contributed by atoms with Crippen LogP contribution in [-0.2, 0) is 29.3 Å². The fourth-order valence-electron chi connectivity index (χ4n) is 3.94. The number of hydrogen-bond acceptors (Lipinski definition) is 6. The quantitative estimate of drug-likeness (QED) is 0.683. The Bertz CT molecular complexity index is 948. The second-order valence-corrected chi connectivity index (χ2v) is 8.86. The molecule has 1 saturated carbocycles. The van der Waals surface area contributed by atoms with Crippen molar-refractivity contribution in [2.24, 2.45) is 0 Å². The molecule has 0 N–H and O–H groups in total. The normalized spacial score (nSPS) is 19.2. The maximum atomic E-state index is 12.8. The Hall–Kier alpha value is -2.51. The Labute approximate surface area is 174 Å². The van der Waals surface area contributed by atoms with Gasteiger partial charge in [-0.2, -0.15) is 0 Å². The first-order valence-electron chi connectivity index (χ1n) is 9.73. The third kappa shape index (κ3) is 4.11. The number of Topliss-reactive ketones (excluding diaryl/α,β-unsaturated/α-hetero) is 2. The van der Waals surface area contributed by atoms with Crippen LogP contribution in [0.15, 0.2) is 29.6 Å². The fraction of sp³-hybridized carbons (Fsp3) is 0.409. The summed E-state index contributed by atoms with van der Waals surface area (Å²) < 4.78 is 5.94. The fourth-order valence-corrected chi connectivity index (χ4v) is 4.89. The van der Waals surface area contributed by atoms with E-state index in [1.165, 1.54) is 16.9 Å². The first-order valence-corrected chi connectivity index (χ1v) is 10.6. The second-order valence-electron chi connectivity index (χ2n) is 7.89. The van der Waals surface area contributed by atoms with Crippen LogP contribution in [0.4, 0.5) is 0 Å². The van der Waals surface area contributed by atoms with Gasteiger partial charge in [-0.1, -0.05) is 12.1 Å². The maximum Gasteiger partial charge on any atom is 0.255 e. The van der Waals surface area contributed by atoms with Gasteiger partial charge < -0.3 is 14.5 Å². The lowest BCUT2D eigenvalue weighted by Crippen LogP contribution is -2.44. The monoisotopic (exact) mass is 412 g/mol. The van der Waals surface area contributed by atoms with Gasteiger partial charge in [0.1, 0.15) is 18.1 Å². The van der Waals surface area contributed by atoms with Crippen LogP contribution in [0.1, 0.15) is 45.6 Å². The molecule has 1 aliphatic heterocycles. The number of rotatable bonds is 6. The topological polar surface area (TPSA) is 66.9 Å². The highest BCUT2D eigenvalue weighted by atomic mass is 32.1. The molecule has 0 saturated heterocycles. The maximum absolute atomic E-state index is 12.8. The Balaban J connectivity index is 1.42. The van der Waals surface area contributed by atoms with Crippen molar-refractivity contribution in [1.82, 2.24) is 9.80 Å². The van der Waals surface area contributed by atoms with Crippen LogP contribution in [-0.4, -0.2) is 47.4 Å². The molecule has 1 aromatic heterocycles. The molecule has 0 unspecified atom stereocenters. The number of carbonyl (C=O) groups is 3. The van der Waals surface area contributed by atoms with E-state index in [9.17, 15) is 14.4 Å². The largest absolute Gasteiger partial charge is 0.488 e. The molecule has 0 spiro atoms. The first kappa shape index (κ1) is 19.8. The molecule has 1 aromatic carbocycles. The molecule has 29 heavy (non-hydrogen) atoms. The van der Waals surface area contributed by atoms with E-state index in [4.69, 9.17) is 4.74 Å². The number of thiophene rings is 1. The van der Waals surface area contributed by atoms with Crippen LogP contribution in [0.25, 0.3) is 0 Å². The second kappa shape index (κ2) is 8.08. The number of fused-ring (bicyclic) bond motifs is 1. The van der Waals surface area contributed by atoms with E-state index in [1.807, 2.05) is 31.6 Å². The van der Waals surface area contributed by atoms with Gasteiger partial charge in [0.25, 0.3) is 5.91 Å². The molecule has 6 nitrogen and oxygen atoms in total. The van der Waals surface area contributed by atoms with E-state index in [0.29, 0.717) is 31.6 Å². The molecule has 152 valence electrons. The minimum Gasteiger partial charge on any atom is -0.488 e. The molecule has 2 heterocycles. The van der Waals surface area contributed by atoms with Gasteiger partial charge in [-0.05, 0) is 38.2 Å². The van der Waals surface area contributed by atoms with E-state index < -0.39 is 6.04 Å². The summed E-state index contributed by atoms with van der Waals surface area (Å²) in [6.07, 6.45) is 0.746. The summed E-state index contributed by atoms with van der Waals surface area (Å²) in [5.41, 5.74) is 2.84. The Morgan fingerprint density at radius 2 is 1.93 bits per heavy atom. The highest BCUT2D eigenvalue weighted by Gasteiger charge is 2.40. The summed E-state index contributed by atoms with van der Waals surface area (Å²) in [5.74, 6) is 0.511. The smallest absolute Gasteiger partial charge is 0.255 e. The lowest BCUT2D eigenvalue weighted by molar-refractivity contribution is -0.133. The predicted octanol–water partition coefficient (Wildman–Crippen LogP) is 3.04. The number of nitrogens with zero attached hydrogens (tertiary/aromatic N) is 2. The molecular formula is C22H24N2O4S. The third-order valence-corrected chi connectivity index (χ3v) is 6.41. The van der Waals surface area contributed by atoms with Gasteiger partial charge in [0, 0.05) is 35.3 Å². The molecular weight excluding hydrogens is 388 g/mol. The average Bonchev–Trinajstić information content (AvgIpc) is 3.21. The van der Waals surface area contributed by atoms with E-state index in [2.05, 4.69) is 17.0 Å². The van der Waals surface area contributed by atoms with Crippen molar-refractivity contribution in [3.05, 3.63) is 51.2 Å². The number of carbonyl (C=O) groups excluding carboxylic acids is 3. The van der Waals surface area contributed by atoms with Crippen molar-refractivity contribution in [2.45, 2.75) is 45.0 Å². The van der Waals surface area contributed by atoms with E-state index in [-0.39, 0.29) is 23.9 Å². The minimum atomic E-state index is -0.476. The van der Waals surface area contributed by atoms with Gasteiger partial charge in [0.05, 0.1) is 18.0 Å². The summed E-state index contributed by atoms with van der Waals surface area (Å²) in [5, 5.41) is 1.86. The summed E-state index contributed by atoms with van der Waals surface area (Å²) in [7, 11) is 4.07. The molecule has 1 fully saturated rings. The standard InChI is InChI=1S/C22H24N2O4S/c1-23(2)10-14-3-6-16(7-4-14)28-12-21-17-11-24(22(27)18(17)13-29-21)19-8-5-15(25)9-20(19)26/h3-4,6-7,13,19H,5,8-12H2,1-2H3/t19-/m0/s1. The van der Waals surface area contributed by atoms with Crippen molar-refractivity contribution >= 4 is 28.8 Å². The number of amides is 1. The van der Waals surface area contributed by atoms with Crippen molar-refractivity contribution in [2.75, 3.05) is 14.1 Å². The minimum absolute atomic E-state index is 0.0298. The summed E-state index contributed by atoms with van der Waals surface area (Å²) in [6.45, 7) is 1.69. The van der Waals surface area contributed by atoms with Crippen molar-refractivity contribution < 1.29 is 19.1 Å². The zero-order chi connectivity index (χ0) is 20.5. The summed E-state index contributed by atoms with van der Waals surface area (Å²) >= 11 is 1.52. The lowest BCUT2D eigenvalue weighted by Gasteiger charge is -2.29. The molecule has 2 aromatic rings. The zero-order valence-corrected chi connectivity index (χ0v) is 17.5. The van der Waals surface area contributed by atoms with Gasteiger partial charge >= 0.3 is 0 Å². The predicted molar refractivity (Wildman–Crippen MR) is 110 cm³/mol. The highest BCUT2D eigenvalue weighted by Crippen LogP contribution is 2.35. The van der Waals surface area contributed by atoms with Gasteiger partial charge in [-0.3, -0.25) is 14.4 Å². The Kier molecular flexibility index (Phi) is 5.52. The highest BCUT2D eigenvalue weighted by molar-refractivity contribution is 7.10. The lowest BCUT2D eigenvalue weighted by atomic mass is 9.92. The van der Waals surface area contributed by atoms with Crippen LogP contribution < -0.4 is 4.74 Å². The van der Waals surface area contributed by atoms with Gasteiger partial charge in [-0.15, -0.1) is 11.3 Å². The van der Waals surface area contributed by atoms with Crippen LogP contribution in [0.2, 0.25) is 0 Å². The van der Waals surface area contributed by atoms with Gasteiger partial charge in [0.15, 0.2) is 5.78 Å². The number of ketones is 2. The van der Waals surface area contributed by atoms with E-state index in [1.54, 1.807) is 4.90 Å². The van der Waals surface area contributed by atoms with E-state index >= 15 is 0 Å². The number of ether oxygens (including phenoxy) is 1. The molecule has 4 rings (SSSR count). The van der Waals surface area contributed by atoms with Crippen LogP contribution in [0.5, 0.6) is 5.75 Å². The van der Waals surface area contributed by atoms with Crippen LogP contribution in [0, 0.1) is 0 Å². The molecule has 0 bridgehead atoms. The molecule has 7 heteroatoms. The Morgan fingerprint density at radius 1 is 1.17 bits per heavy atom. The van der Waals surface area contributed by atoms with E-state index in [0.717, 1.165) is 22.7 Å². The zero-order valence-electron chi connectivity index (χ0n) is 16.6. The molecule has 1 atom stereocenters. The van der Waals surface area contributed by atoms with Crippen LogP contribution in [0.3, 0.4) is 0 Å². The van der Waals surface area contributed by atoms with Crippen molar-refractivity contribution in [1.29, 1.82) is 0 Å². The number of hydrogen-bond donors (Lipinski definition) is 0. The van der Waals surface area contributed by atoms with Crippen molar-refractivity contribution in [3.63, 3.8) is 0 Å². The SMILES string of the molecule is CN(C)Cc1ccc(OCc2scc3c2CN([C@H]2CCC(=O)CC2=O)C3=O)cc1. The molecule has 1 aliphatic carbocycles. The first-order chi connectivity index (χ1) is 13.9. The summed E-state index contributed by atoms with van der Waals surface area (Å²) in [4.78, 5) is 41.3. The molecule has 0 radical (unpaired) electrons. The summed E-state index contributed by atoms with van der Waals surface area (Å²) in [6, 6.07) is 7.55. The average molecular weight is 413 g/mol. The Morgan fingerprint density at radius 3 is 2.62 bits per heavy atom.